The van der Waals surface area contributed by atoms with Gasteiger partial charge in [0.2, 0.25) is 10.0 Å². The summed E-state index contributed by atoms with van der Waals surface area (Å²) in [4.78, 5) is 23.9. The molecule has 0 atom stereocenters. The number of halogens is 1. The fraction of sp³-hybridized carbons (Fsp3) is 0.222. The number of amides is 1. The molecule has 1 saturated carbocycles. The number of rotatable bonds is 6. The molecule has 0 bridgehead atoms. The molecule has 0 aliphatic heterocycles. The lowest BCUT2D eigenvalue weighted by atomic mass is 10.1. The number of Topliss-reactive ketones (excluding diaryl/α,β-unsaturated/α-hetero) is 1. The van der Waals surface area contributed by atoms with E-state index in [1.54, 1.807) is 24.3 Å². The van der Waals surface area contributed by atoms with E-state index in [0.29, 0.717) is 15.7 Å². The third kappa shape index (κ3) is 4.38. The summed E-state index contributed by atoms with van der Waals surface area (Å²) < 4.78 is 27.8. The van der Waals surface area contributed by atoms with Crippen molar-refractivity contribution in [2.45, 2.75) is 30.7 Å². The molecule has 3 rings (SSSR count). The van der Waals surface area contributed by atoms with Crippen molar-refractivity contribution in [3.8, 4) is 0 Å². The summed E-state index contributed by atoms with van der Waals surface area (Å²) in [7, 11) is -3.65. The average Bonchev–Trinajstić information content (AvgIpc) is 3.38. The Bertz CT molecular complexity index is 967. The first-order valence-corrected chi connectivity index (χ1v) is 10.3. The quantitative estimate of drug-likeness (QED) is 0.678. The maximum atomic E-state index is 12.5. The fourth-order valence-corrected chi connectivity index (χ4v) is 4.08. The lowest BCUT2D eigenvalue weighted by Crippen LogP contribution is -2.26. The largest absolute Gasteiger partial charge is 0.322 e. The number of benzene rings is 2. The fourth-order valence-electron chi connectivity index (χ4n) is 2.32. The summed E-state index contributed by atoms with van der Waals surface area (Å²) in [5.74, 6) is -0.511. The van der Waals surface area contributed by atoms with Crippen molar-refractivity contribution in [2.75, 3.05) is 5.32 Å². The molecule has 0 aromatic heterocycles. The van der Waals surface area contributed by atoms with Crippen molar-refractivity contribution < 1.29 is 18.0 Å². The summed E-state index contributed by atoms with van der Waals surface area (Å²) >= 11 is 3.28. The van der Waals surface area contributed by atoms with Crippen LogP contribution < -0.4 is 10.0 Å². The van der Waals surface area contributed by atoms with Gasteiger partial charge in [0.1, 0.15) is 0 Å². The smallest absolute Gasteiger partial charge is 0.256 e. The molecule has 0 radical (unpaired) electrons. The van der Waals surface area contributed by atoms with Gasteiger partial charge in [0.25, 0.3) is 5.91 Å². The lowest BCUT2D eigenvalue weighted by molar-refractivity contribution is 0.101. The number of carbonyl (C=O) groups excluding carboxylic acids is 2. The number of hydrogen-bond donors (Lipinski definition) is 2. The monoisotopic (exact) mass is 436 g/mol. The highest BCUT2D eigenvalue weighted by atomic mass is 79.9. The van der Waals surface area contributed by atoms with Gasteiger partial charge < -0.3 is 5.32 Å². The van der Waals surface area contributed by atoms with E-state index >= 15 is 0 Å². The van der Waals surface area contributed by atoms with Gasteiger partial charge in [0, 0.05) is 21.8 Å². The van der Waals surface area contributed by atoms with Crippen LogP contribution in [0.5, 0.6) is 0 Å². The van der Waals surface area contributed by atoms with Gasteiger partial charge in [-0.3, -0.25) is 9.59 Å². The van der Waals surface area contributed by atoms with Crippen LogP contribution in [0.15, 0.2) is 51.8 Å². The predicted molar refractivity (Wildman–Crippen MR) is 102 cm³/mol. The molecule has 0 unspecified atom stereocenters. The molecule has 2 aromatic rings. The summed E-state index contributed by atoms with van der Waals surface area (Å²) in [6.45, 7) is 1.46. The first-order chi connectivity index (χ1) is 12.3. The summed E-state index contributed by atoms with van der Waals surface area (Å²) in [5.41, 5.74) is 1.26. The number of carbonyl (C=O) groups is 2. The van der Waals surface area contributed by atoms with Crippen LogP contribution in [-0.4, -0.2) is 26.2 Å². The molecule has 0 heterocycles. The Morgan fingerprint density at radius 1 is 1.08 bits per heavy atom. The molecule has 1 amide bonds. The molecule has 26 heavy (non-hydrogen) atoms. The third-order valence-corrected chi connectivity index (χ3v) is 6.15. The molecule has 136 valence electrons. The summed E-state index contributed by atoms with van der Waals surface area (Å²) in [5, 5.41) is 2.70. The van der Waals surface area contributed by atoms with E-state index < -0.39 is 15.9 Å². The number of anilines is 1. The van der Waals surface area contributed by atoms with Gasteiger partial charge in [0.05, 0.1) is 10.5 Å². The highest BCUT2D eigenvalue weighted by Gasteiger charge is 2.28. The highest BCUT2D eigenvalue weighted by Crippen LogP contribution is 2.25. The van der Waals surface area contributed by atoms with Crippen LogP contribution in [-0.2, 0) is 10.0 Å². The number of hydrogen-bond acceptors (Lipinski definition) is 4. The van der Waals surface area contributed by atoms with Crippen LogP contribution in [0.4, 0.5) is 5.69 Å². The van der Waals surface area contributed by atoms with Crippen LogP contribution >= 0.6 is 15.9 Å². The van der Waals surface area contributed by atoms with Crippen molar-refractivity contribution >= 4 is 43.3 Å². The minimum Gasteiger partial charge on any atom is -0.322 e. The van der Waals surface area contributed by atoms with Gasteiger partial charge in [-0.25, -0.2) is 13.1 Å². The lowest BCUT2D eigenvalue weighted by Gasteiger charge is -2.10. The van der Waals surface area contributed by atoms with E-state index in [2.05, 4.69) is 26.0 Å². The molecular weight excluding hydrogens is 420 g/mol. The van der Waals surface area contributed by atoms with E-state index in [9.17, 15) is 18.0 Å². The standard InChI is InChI=1S/C18H17BrN2O4S/c1-11(22)12-2-4-13(5-3-12)20-18(23)16-10-15(8-9-17(16)19)26(24,25)21-14-6-7-14/h2-5,8-10,14,21H,6-7H2,1H3,(H,20,23). The molecule has 2 aromatic carbocycles. The predicted octanol–water partition coefficient (Wildman–Crippen LogP) is 3.34. The second kappa shape index (κ2) is 7.30. The van der Waals surface area contributed by atoms with Gasteiger partial charge >= 0.3 is 0 Å². The Balaban J connectivity index is 1.82. The van der Waals surface area contributed by atoms with Gasteiger partial charge in [-0.2, -0.15) is 0 Å². The van der Waals surface area contributed by atoms with E-state index in [1.807, 2.05) is 0 Å². The zero-order chi connectivity index (χ0) is 18.9. The minimum atomic E-state index is -3.65. The second-order valence-electron chi connectivity index (χ2n) is 6.12. The number of ketones is 1. The zero-order valence-corrected chi connectivity index (χ0v) is 16.4. The molecule has 0 saturated heterocycles. The second-order valence-corrected chi connectivity index (χ2v) is 8.69. The van der Waals surface area contributed by atoms with Crippen LogP contribution in [0.2, 0.25) is 0 Å². The molecule has 1 aliphatic rings. The van der Waals surface area contributed by atoms with Crippen LogP contribution in [0.25, 0.3) is 0 Å². The zero-order valence-electron chi connectivity index (χ0n) is 14.0. The van der Waals surface area contributed by atoms with Crippen molar-refractivity contribution in [3.05, 3.63) is 58.1 Å². The molecule has 8 heteroatoms. The highest BCUT2D eigenvalue weighted by molar-refractivity contribution is 9.10. The van der Waals surface area contributed by atoms with Gasteiger partial charge in [-0.05, 0) is 78.2 Å². The van der Waals surface area contributed by atoms with Crippen LogP contribution in [0.1, 0.15) is 40.5 Å². The van der Waals surface area contributed by atoms with Crippen LogP contribution in [0.3, 0.4) is 0 Å². The third-order valence-electron chi connectivity index (χ3n) is 3.94. The average molecular weight is 437 g/mol. The first kappa shape index (κ1) is 18.8. The van der Waals surface area contributed by atoms with Crippen molar-refractivity contribution in [1.82, 2.24) is 4.72 Å². The van der Waals surface area contributed by atoms with Gasteiger partial charge in [-0.15, -0.1) is 0 Å². The molecule has 2 N–H and O–H groups in total. The Labute approximate surface area is 160 Å². The van der Waals surface area contributed by atoms with Gasteiger partial charge in [0.15, 0.2) is 5.78 Å². The Hall–Kier alpha value is -2.03. The number of nitrogens with one attached hydrogen (secondary N) is 2. The Kier molecular flexibility index (Phi) is 5.27. The summed E-state index contributed by atoms with van der Waals surface area (Å²) in [6.07, 6.45) is 1.67. The maximum absolute atomic E-state index is 12.5. The Morgan fingerprint density at radius 3 is 2.31 bits per heavy atom. The molecule has 1 aliphatic carbocycles. The maximum Gasteiger partial charge on any atom is 0.256 e. The SMILES string of the molecule is CC(=O)c1ccc(NC(=O)c2cc(S(=O)(=O)NC3CC3)ccc2Br)cc1. The minimum absolute atomic E-state index is 0.0132. The van der Waals surface area contributed by atoms with Crippen molar-refractivity contribution in [1.29, 1.82) is 0 Å². The first-order valence-electron chi connectivity index (χ1n) is 8.00. The molecule has 1 fully saturated rings. The molecular formula is C18H17BrN2O4S. The summed E-state index contributed by atoms with van der Waals surface area (Å²) in [6, 6.07) is 10.8. The number of sulfonamides is 1. The molecule has 6 nitrogen and oxygen atoms in total. The van der Waals surface area contributed by atoms with E-state index in [0.717, 1.165) is 12.8 Å². The van der Waals surface area contributed by atoms with E-state index in [-0.39, 0.29) is 22.3 Å². The van der Waals surface area contributed by atoms with Gasteiger partial charge in [-0.1, -0.05) is 0 Å². The normalized spacial score (nSPS) is 14.1. The van der Waals surface area contributed by atoms with Crippen LogP contribution in [0, 0.1) is 0 Å². The van der Waals surface area contributed by atoms with E-state index in [4.69, 9.17) is 0 Å². The molecule has 0 spiro atoms. The Morgan fingerprint density at radius 2 is 1.73 bits per heavy atom. The van der Waals surface area contributed by atoms with E-state index in [1.165, 1.54) is 25.1 Å². The van der Waals surface area contributed by atoms with Crippen molar-refractivity contribution in [3.63, 3.8) is 0 Å². The van der Waals surface area contributed by atoms with Crippen molar-refractivity contribution in [2.24, 2.45) is 0 Å². The topological polar surface area (TPSA) is 92.3 Å².